The molecule has 0 radical (unpaired) electrons. The molecule has 0 amide bonds. The van der Waals surface area contributed by atoms with E-state index in [1.807, 2.05) is 17.7 Å². The van der Waals surface area contributed by atoms with Gasteiger partial charge in [0.05, 0.1) is 11.3 Å². The molecule has 0 bridgehead atoms. The Kier molecular flexibility index (Phi) is 4.21. The number of thioether (sulfide) groups is 1. The number of halogens is 1. The van der Waals surface area contributed by atoms with Gasteiger partial charge in [0.25, 0.3) is 0 Å². The van der Waals surface area contributed by atoms with Gasteiger partial charge in [-0.15, -0.1) is 5.10 Å². The molecule has 2 atom stereocenters. The van der Waals surface area contributed by atoms with Gasteiger partial charge >= 0.3 is 0 Å². The average Bonchev–Trinajstić information content (AvgIpc) is 3.24. The summed E-state index contributed by atoms with van der Waals surface area (Å²) in [5, 5.41) is 12.4. The molecule has 2 unspecified atom stereocenters. The fraction of sp³-hybridized carbons (Fsp3) is 0.500. The molecule has 1 aliphatic rings. The molecule has 3 rings (SSSR count). The van der Waals surface area contributed by atoms with Crippen LogP contribution in [-0.4, -0.2) is 26.2 Å². The minimum Gasteiger partial charge on any atom is -0.326 e. The number of tetrazole rings is 1. The van der Waals surface area contributed by atoms with Gasteiger partial charge in [-0.05, 0) is 35.8 Å². The van der Waals surface area contributed by atoms with Gasteiger partial charge in [-0.2, -0.15) is 0 Å². The molecule has 1 aliphatic carbocycles. The van der Waals surface area contributed by atoms with Crippen LogP contribution < -0.4 is 5.73 Å². The van der Waals surface area contributed by atoms with Gasteiger partial charge in [-0.1, -0.05) is 36.9 Å². The van der Waals surface area contributed by atoms with Crippen LogP contribution in [0, 0.1) is 5.82 Å². The third-order valence-electron chi connectivity index (χ3n) is 3.66. The van der Waals surface area contributed by atoms with Crippen LogP contribution in [-0.2, 0) is 0 Å². The quantitative estimate of drug-likeness (QED) is 0.831. The molecular weight excluding hydrogens is 289 g/mol. The molecule has 1 aromatic carbocycles. The summed E-state index contributed by atoms with van der Waals surface area (Å²) in [6.45, 7) is 2.00. The van der Waals surface area contributed by atoms with E-state index < -0.39 is 0 Å². The summed E-state index contributed by atoms with van der Waals surface area (Å²) in [5.41, 5.74) is 6.82. The first-order valence-electron chi connectivity index (χ1n) is 7.15. The summed E-state index contributed by atoms with van der Waals surface area (Å²) < 4.78 is 15.9. The van der Waals surface area contributed by atoms with Crippen molar-refractivity contribution in [3.05, 3.63) is 35.6 Å². The molecule has 0 spiro atoms. The van der Waals surface area contributed by atoms with Crippen molar-refractivity contribution < 1.29 is 4.39 Å². The minimum absolute atomic E-state index is 0.156. The van der Waals surface area contributed by atoms with Gasteiger partial charge in [0.2, 0.25) is 5.16 Å². The van der Waals surface area contributed by atoms with Crippen molar-refractivity contribution in [2.24, 2.45) is 5.73 Å². The van der Waals surface area contributed by atoms with Crippen LogP contribution in [0.15, 0.2) is 29.4 Å². The fourth-order valence-electron chi connectivity index (χ4n) is 2.23. The summed E-state index contributed by atoms with van der Waals surface area (Å²) in [4.78, 5) is 0. The smallest absolute Gasteiger partial charge is 0.210 e. The number of nitrogens with zero attached hydrogens (tertiary/aromatic N) is 4. The summed E-state index contributed by atoms with van der Waals surface area (Å²) in [6, 6.07) is 7.01. The van der Waals surface area contributed by atoms with Crippen LogP contribution in [0.4, 0.5) is 4.39 Å². The lowest BCUT2D eigenvalue weighted by Gasteiger charge is -2.22. The Hall–Kier alpha value is -1.47. The molecule has 7 heteroatoms. The van der Waals surface area contributed by atoms with Crippen molar-refractivity contribution >= 4 is 11.8 Å². The molecule has 1 heterocycles. The number of hydrogen-bond donors (Lipinski definition) is 1. The number of rotatable bonds is 6. The minimum atomic E-state index is -0.232. The number of nitrogens with two attached hydrogens (primary N) is 1. The van der Waals surface area contributed by atoms with E-state index >= 15 is 0 Å². The summed E-state index contributed by atoms with van der Waals surface area (Å²) >= 11 is 1.45. The SMILES string of the molecule is CCC(N)C(Sc1nnnn1C1CC1)c1ccccc1F. The lowest BCUT2D eigenvalue weighted by atomic mass is 10.0. The maximum Gasteiger partial charge on any atom is 0.210 e. The Labute approximate surface area is 127 Å². The Bertz CT molecular complexity index is 613. The summed E-state index contributed by atoms with van der Waals surface area (Å²) in [7, 11) is 0. The largest absolute Gasteiger partial charge is 0.326 e. The third kappa shape index (κ3) is 3.08. The molecule has 21 heavy (non-hydrogen) atoms. The topological polar surface area (TPSA) is 69.6 Å². The van der Waals surface area contributed by atoms with E-state index in [2.05, 4.69) is 15.5 Å². The van der Waals surface area contributed by atoms with Crippen LogP contribution in [0.2, 0.25) is 0 Å². The van der Waals surface area contributed by atoms with Crippen LogP contribution >= 0.6 is 11.8 Å². The van der Waals surface area contributed by atoms with Crippen LogP contribution in [0.25, 0.3) is 0 Å². The van der Waals surface area contributed by atoms with Crippen molar-refractivity contribution in [2.45, 2.75) is 48.7 Å². The predicted octanol–water partition coefficient (Wildman–Crippen LogP) is 2.72. The molecule has 2 aromatic rings. The first-order chi connectivity index (χ1) is 10.2. The van der Waals surface area contributed by atoms with Crippen molar-refractivity contribution in [1.82, 2.24) is 20.2 Å². The molecule has 2 N–H and O–H groups in total. The van der Waals surface area contributed by atoms with Crippen LogP contribution in [0.3, 0.4) is 0 Å². The Balaban J connectivity index is 1.89. The van der Waals surface area contributed by atoms with Crippen LogP contribution in [0.5, 0.6) is 0 Å². The van der Waals surface area contributed by atoms with Gasteiger partial charge in [0.15, 0.2) is 0 Å². The maximum absolute atomic E-state index is 14.1. The van der Waals surface area contributed by atoms with Crippen molar-refractivity contribution in [3.63, 3.8) is 0 Å². The van der Waals surface area contributed by atoms with E-state index in [1.54, 1.807) is 12.1 Å². The maximum atomic E-state index is 14.1. The highest BCUT2D eigenvalue weighted by Crippen LogP contribution is 2.42. The lowest BCUT2D eigenvalue weighted by molar-refractivity contribution is 0.554. The second-order valence-corrected chi connectivity index (χ2v) is 6.38. The molecule has 0 saturated heterocycles. The lowest BCUT2D eigenvalue weighted by Crippen LogP contribution is -2.26. The Morgan fingerprint density at radius 2 is 2.19 bits per heavy atom. The van der Waals surface area contributed by atoms with E-state index in [0.29, 0.717) is 11.6 Å². The zero-order valence-electron chi connectivity index (χ0n) is 11.8. The summed E-state index contributed by atoms with van der Waals surface area (Å²) in [5.74, 6) is -0.232. The van der Waals surface area contributed by atoms with Gasteiger partial charge in [0, 0.05) is 11.6 Å². The molecule has 1 saturated carbocycles. The second kappa shape index (κ2) is 6.11. The van der Waals surface area contributed by atoms with Gasteiger partial charge in [0.1, 0.15) is 5.82 Å². The van der Waals surface area contributed by atoms with E-state index in [0.717, 1.165) is 24.4 Å². The normalized spacial score (nSPS) is 17.7. The molecule has 1 aromatic heterocycles. The van der Waals surface area contributed by atoms with Crippen LogP contribution in [0.1, 0.15) is 43.0 Å². The zero-order valence-corrected chi connectivity index (χ0v) is 12.6. The Morgan fingerprint density at radius 1 is 1.43 bits per heavy atom. The molecular formula is C14H18FN5S. The standard InChI is InChI=1S/C14H18FN5S/c1-2-12(16)13(10-5-3-4-6-11(10)15)21-14-17-18-19-20(14)9-7-8-9/h3-6,9,12-13H,2,7-8,16H2,1H3. The first-order valence-corrected chi connectivity index (χ1v) is 8.03. The van der Waals surface area contributed by atoms with Gasteiger partial charge in [-0.3, -0.25) is 0 Å². The predicted molar refractivity (Wildman–Crippen MR) is 79.4 cm³/mol. The zero-order chi connectivity index (χ0) is 14.8. The number of benzene rings is 1. The monoisotopic (exact) mass is 307 g/mol. The number of aromatic nitrogens is 4. The van der Waals surface area contributed by atoms with E-state index in [4.69, 9.17) is 5.73 Å². The fourth-order valence-corrected chi connectivity index (χ4v) is 3.52. The van der Waals surface area contributed by atoms with Crippen molar-refractivity contribution in [1.29, 1.82) is 0 Å². The molecule has 5 nitrogen and oxygen atoms in total. The van der Waals surface area contributed by atoms with Crippen molar-refractivity contribution in [2.75, 3.05) is 0 Å². The highest BCUT2D eigenvalue weighted by atomic mass is 32.2. The number of hydrogen-bond acceptors (Lipinski definition) is 5. The highest BCUT2D eigenvalue weighted by Gasteiger charge is 2.31. The van der Waals surface area contributed by atoms with Gasteiger partial charge in [-0.25, -0.2) is 9.07 Å². The van der Waals surface area contributed by atoms with Crippen molar-refractivity contribution in [3.8, 4) is 0 Å². The average molecular weight is 307 g/mol. The molecule has 112 valence electrons. The third-order valence-corrected chi connectivity index (χ3v) is 5.00. The van der Waals surface area contributed by atoms with E-state index in [-0.39, 0.29) is 17.1 Å². The first kappa shape index (κ1) is 14.5. The molecule has 1 fully saturated rings. The van der Waals surface area contributed by atoms with E-state index in [1.165, 1.54) is 17.8 Å². The second-order valence-electron chi connectivity index (χ2n) is 5.27. The van der Waals surface area contributed by atoms with E-state index in [9.17, 15) is 4.39 Å². The molecule has 0 aliphatic heterocycles. The Morgan fingerprint density at radius 3 is 2.86 bits per heavy atom. The van der Waals surface area contributed by atoms with Gasteiger partial charge < -0.3 is 5.73 Å². The highest BCUT2D eigenvalue weighted by molar-refractivity contribution is 7.99. The summed E-state index contributed by atoms with van der Waals surface area (Å²) in [6.07, 6.45) is 2.96.